The second-order valence-corrected chi connectivity index (χ2v) is 8.60. The largest absolute Gasteiger partial charge is 0.326 e. The van der Waals surface area contributed by atoms with Crippen molar-refractivity contribution >= 4 is 44.7 Å². The normalized spacial score (nSPS) is 10.8. The van der Waals surface area contributed by atoms with E-state index < -0.39 is 11.5 Å². The van der Waals surface area contributed by atoms with Crippen LogP contribution in [0.4, 0.5) is 11.4 Å². The molecule has 32 heavy (non-hydrogen) atoms. The summed E-state index contributed by atoms with van der Waals surface area (Å²) in [4.78, 5) is 41.1. The molecule has 2 amide bonds. The van der Waals surface area contributed by atoms with E-state index in [1.54, 1.807) is 24.3 Å². The number of aryl methyl sites for hydroxylation is 2. The summed E-state index contributed by atoms with van der Waals surface area (Å²) in [6.45, 7) is 5.01. The van der Waals surface area contributed by atoms with E-state index in [2.05, 4.69) is 20.7 Å². The first-order valence-electron chi connectivity index (χ1n) is 9.93. The molecule has 0 saturated carbocycles. The maximum absolute atomic E-state index is 12.9. The molecule has 2 heterocycles. The summed E-state index contributed by atoms with van der Waals surface area (Å²) in [5.41, 5.74) is 3.66. The van der Waals surface area contributed by atoms with E-state index in [9.17, 15) is 14.4 Å². The van der Waals surface area contributed by atoms with E-state index in [4.69, 9.17) is 0 Å². The summed E-state index contributed by atoms with van der Waals surface area (Å²) >= 11 is 1.41. The van der Waals surface area contributed by atoms with Gasteiger partial charge in [-0.15, -0.1) is 11.3 Å². The smallest absolute Gasteiger partial charge is 0.294 e. The van der Waals surface area contributed by atoms with Crippen LogP contribution in [0.25, 0.3) is 21.5 Å². The monoisotopic (exact) mass is 447 g/mol. The highest BCUT2D eigenvalue weighted by molar-refractivity contribution is 7.19. The lowest BCUT2D eigenvalue weighted by molar-refractivity contribution is -0.117. The number of aromatic nitrogens is 3. The molecule has 2 N–H and O–H groups in total. The van der Waals surface area contributed by atoms with Gasteiger partial charge in [0.15, 0.2) is 5.52 Å². The van der Waals surface area contributed by atoms with Gasteiger partial charge in [-0.2, -0.15) is 5.10 Å². The molecule has 0 spiro atoms. The fraction of sp³-hybridized carbons (Fsp3) is 0.174. The molecule has 0 radical (unpaired) electrons. The van der Waals surface area contributed by atoms with E-state index in [1.807, 2.05) is 38.1 Å². The van der Waals surface area contributed by atoms with Gasteiger partial charge in [0.05, 0.1) is 9.71 Å². The Labute approximate surface area is 187 Å². The number of fused-ring (bicyclic) bond motifs is 1. The van der Waals surface area contributed by atoms with Crippen LogP contribution in [0.2, 0.25) is 0 Å². The van der Waals surface area contributed by atoms with Gasteiger partial charge in [0.1, 0.15) is 12.2 Å². The van der Waals surface area contributed by atoms with Gasteiger partial charge < -0.3 is 10.6 Å². The van der Waals surface area contributed by atoms with E-state index in [1.165, 1.54) is 18.3 Å². The quantitative estimate of drug-likeness (QED) is 0.485. The van der Waals surface area contributed by atoms with Gasteiger partial charge in [0.2, 0.25) is 11.8 Å². The maximum Gasteiger partial charge on any atom is 0.294 e. The topological polar surface area (TPSA) is 106 Å². The van der Waals surface area contributed by atoms with Crippen LogP contribution in [0.3, 0.4) is 0 Å². The third-order valence-electron chi connectivity index (χ3n) is 4.71. The number of carbonyl (C=O) groups is 2. The van der Waals surface area contributed by atoms with Gasteiger partial charge in [-0.05, 0) is 38.1 Å². The van der Waals surface area contributed by atoms with Crippen LogP contribution in [0.1, 0.15) is 17.5 Å². The van der Waals surface area contributed by atoms with Crippen molar-refractivity contribution in [2.24, 2.45) is 0 Å². The lowest BCUT2D eigenvalue weighted by Crippen LogP contribution is -2.30. The van der Waals surface area contributed by atoms with Crippen LogP contribution in [0.15, 0.2) is 53.3 Å². The number of thiazole rings is 1. The number of benzene rings is 2. The molecule has 0 unspecified atom stereocenters. The summed E-state index contributed by atoms with van der Waals surface area (Å²) in [6, 6.07) is 14.5. The molecule has 162 valence electrons. The van der Waals surface area contributed by atoms with Crippen LogP contribution in [-0.2, 0) is 16.1 Å². The number of carbonyl (C=O) groups excluding carboxylic acids is 2. The lowest BCUT2D eigenvalue weighted by Gasteiger charge is -2.10. The van der Waals surface area contributed by atoms with Crippen LogP contribution < -0.4 is 16.2 Å². The predicted molar refractivity (Wildman–Crippen MR) is 126 cm³/mol. The van der Waals surface area contributed by atoms with Crippen molar-refractivity contribution in [2.75, 3.05) is 10.6 Å². The maximum atomic E-state index is 12.9. The first-order chi connectivity index (χ1) is 15.3. The molecule has 2 aromatic heterocycles. The number of anilines is 2. The molecule has 0 saturated heterocycles. The van der Waals surface area contributed by atoms with Gasteiger partial charge >= 0.3 is 0 Å². The minimum Gasteiger partial charge on any atom is -0.326 e. The van der Waals surface area contributed by atoms with Crippen molar-refractivity contribution < 1.29 is 9.59 Å². The molecule has 0 atom stereocenters. The van der Waals surface area contributed by atoms with Crippen LogP contribution in [-0.4, -0.2) is 26.6 Å². The van der Waals surface area contributed by atoms with Crippen LogP contribution >= 0.6 is 11.3 Å². The highest BCUT2D eigenvalue weighted by Crippen LogP contribution is 2.29. The van der Waals surface area contributed by atoms with Crippen molar-refractivity contribution in [1.82, 2.24) is 14.8 Å². The van der Waals surface area contributed by atoms with Crippen molar-refractivity contribution in [3.63, 3.8) is 0 Å². The second-order valence-electron chi connectivity index (χ2n) is 7.39. The SMILES string of the molecule is CC(=O)Nc1ccc(NC(=O)Cn2nc(-c3ccc(C)cc3)c3sc(C)nc3c2=O)cc1. The molecule has 0 aliphatic rings. The highest BCUT2D eigenvalue weighted by Gasteiger charge is 2.18. The Balaban J connectivity index is 1.63. The molecule has 9 heteroatoms. The van der Waals surface area contributed by atoms with E-state index in [0.29, 0.717) is 27.3 Å². The Kier molecular flexibility index (Phi) is 5.83. The van der Waals surface area contributed by atoms with Gasteiger partial charge in [-0.25, -0.2) is 9.67 Å². The Morgan fingerprint density at radius 1 is 0.969 bits per heavy atom. The second kappa shape index (κ2) is 8.72. The van der Waals surface area contributed by atoms with Crippen molar-refractivity contribution in [2.45, 2.75) is 27.3 Å². The fourth-order valence-electron chi connectivity index (χ4n) is 3.25. The number of hydrogen-bond donors (Lipinski definition) is 2. The van der Waals surface area contributed by atoms with Crippen molar-refractivity contribution in [3.8, 4) is 11.3 Å². The average Bonchev–Trinajstić information content (AvgIpc) is 3.14. The minimum absolute atomic E-state index is 0.177. The standard InChI is InChI=1S/C23H21N5O3S/c1-13-4-6-16(7-5-13)20-22-21(25-15(3)32-22)23(31)28(27-20)12-19(30)26-18-10-8-17(9-11-18)24-14(2)29/h4-11H,12H2,1-3H3,(H,24,29)(H,26,30). The number of nitrogens with one attached hydrogen (secondary N) is 2. The third kappa shape index (κ3) is 4.57. The Morgan fingerprint density at radius 2 is 1.59 bits per heavy atom. The zero-order chi connectivity index (χ0) is 22.8. The van der Waals surface area contributed by atoms with E-state index in [-0.39, 0.29) is 12.5 Å². The first-order valence-corrected chi connectivity index (χ1v) is 10.7. The first kappa shape index (κ1) is 21.4. The van der Waals surface area contributed by atoms with Gasteiger partial charge in [0.25, 0.3) is 5.56 Å². The summed E-state index contributed by atoms with van der Waals surface area (Å²) in [5.74, 6) is -0.572. The number of nitrogens with zero attached hydrogens (tertiary/aromatic N) is 3. The molecular formula is C23H21N5O3S. The van der Waals surface area contributed by atoms with Crippen LogP contribution in [0.5, 0.6) is 0 Å². The summed E-state index contributed by atoms with van der Waals surface area (Å²) in [6.07, 6.45) is 0. The molecule has 8 nitrogen and oxygen atoms in total. The van der Waals surface area contributed by atoms with Crippen molar-refractivity contribution in [1.29, 1.82) is 0 Å². The van der Waals surface area contributed by atoms with Gasteiger partial charge in [-0.3, -0.25) is 14.4 Å². The van der Waals surface area contributed by atoms with Gasteiger partial charge in [-0.1, -0.05) is 29.8 Å². The molecule has 0 bridgehead atoms. The summed E-state index contributed by atoms with van der Waals surface area (Å²) in [7, 11) is 0. The molecule has 0 aliphatic carbocycles. The van der Waals surface area contributed by atoms with Gasteiger partial charge in [0, 0.05) is 23.9 Å². The lowest BCUT2D eigenvalue weighted by atomic mass is 10.1. The zero-order valence-corrected chi connectivity index (χ0v) is 18.6. The van der Waals surface area contributed by atoms with Crippen molar-refractivity contribution in [3.05, 3.63) is 69.5 Å². The van der Waals surface area contributed by atoms with Crippen LogP contribution in [0, 0.1) is 13.8 Å². The Morgan fingerprint density at radius 3 is 2.22 bits per heavy atom. The molecular weight excluding hydrogens is 426 g/mol. The molecule has 2 aromatic carbocycles. The van der Waals surface area contributed by atoms with E-state index in [0.717, 1.165) is 20.8 Å². The molecule has 4 rings (SSSR count). The molecule has 0 fully saturated rings. The number of rotatable bonds is 5. The fourth-order valence-corrected chi connectivity index (χ4v) is 4.17. The molecule has 0 aliphatic heterocycles. The Hall–Kier alpha value is -3.85. The average molecular weight is 448 g/mol. The minimum atomic E-state index is -0.406. The summed E-state index contributed by atoms with van der Waals surface area (Å²) < 4.78 is 1.86. The predicted octanol–water partition coefficient (Wildman–Crippen LogP) is 3.73. The number of amides is 2. The van der Waals surface area contributed by atoms with E-state index >= 15 is 0 Å². The molecule has 4 aromatic rings. The highest BCUT2D eigenvalue weighted by atomic mass is 32.1. The zero-order valence-electron chi connectivity index (χ0n) is 17.8. The summed E-state index contributed by atoms with van der Waals surface area (Å²) in [5, 5.41) is 10.7. The number of hydrogen-bond acceptors (Lipinski definition) is 6. The Bertz CT molecular complexity index is 1370. The third-order valence-corrected chi connectivity index (χ3v) is 5.69.